The molecule has 9 heteroatoms. The molecule has 28 heavy (non-hydrogen) atoms. The molecule has 1 aliphatic rings. The zero-order chi connectivity index (χ0) is 20.7. The van der Waals surface area contributed by atoms with Crippen molar-refractivity contribution < 1.29 is 33.4 Å². The Morgan fingerprint density at radius 1 is 1.04 bits per heavy atom. The van der Waals surface area contributed by atoms with Crippen LogP contribution in [0.25, 0.3) is 0 Å². The van der Waals surface area contributed by atoms with Gasteiger partial charge in [-0.3, -0.25) is 9.59 Å². The Hall–Kier alpha value is -2.42. The van der Waals surface area contributed by atoms with E-state index in [1.165, 1.54) is 20.6 Å². The van der Waals surface area contributed by atoms with Crippen LogP contribution in [0.4, 0.5) is 5.00 Å². The fourth-order valence-corrected chi connectivity index (χ4v) is 4.36. The van der Waals surface area contributed by atoms with Gasteiger partial charge in [-0.25, -0.2) is 9.59 Å². The molecule has 1 aromatic heterocycles. The molecule has 0 aromatic carbocycles. The number of carbonyl (C=O) groups excluding carboxylic acids is 4. The van der Waals surface area contributed by atoms with Crippen LogP contribution in [0.15, 0.2) is 0 Å². The molecule has 0 atom stereocenters. The molecule has 0 bridgehead atoms. The zero-order valence-electron chi connectivity index (χ0n) is 16.3. The summed E-state index contributed by atoms with van der Waals surface area (Å²) in [6.45, 7) is 1.10. The van der Waals surface area contributed by atoms with Crippen LogP contribution in [0.1, 0.15) is 64.1 Å². The molecule has 0 radical (unpaired) electrons. The van der Waals surface area contributed by atoms with Gasteiger partial charge in [0.1, 0.15) is 9.88 Å². The number of hydrogen-bond donors (Lipinski definition) is 1. The van der Waals surface area contributed by atoms with Crippen molar-refractivity contribution in [2.24, 2.45) is 5.92 Å². The third kappa shape index (κ3) is 5.54. The van der Waals surface area contributed by atoms with Crippen LogP contribution in [0.5, 0.6) is 0 Å². The topological polar surface area (TPSA) is 108 Å². The van der Waals surface area contributed by atoms with E-state index in [0.717, 1.165) is 37.0 Å². The molecule has 0 saturated heterocycles. The van der Waals surface area contributed by atoms with Gasteiger partial charge in [0.05, 0.1) is 19.8 Å². The largest absolute Gasteiger partial charge is 0.465 e. The molecule has 1 amide bonds. The van der Waals surface area contributed by atoms with Gasteiger partial charge in [0.2, 0.25) is 0 Å². The van der Waals surface area contributed by atoms with Crippen molar-refractivity contribution in [1.29, 1.82) is 0 Å². The minimum Gasteiger partial charge on any atom is -0.465 e. The molecule has 1 aliphatic carbocycles. The normalized spacial score (nSPS) is 14.2. The summed E-state index contributed by atoms with van der Waals surface area (Å²) in [7, 11) is 2.43. The Morgan fingerprint density at radius 3 is 2.29 bits per heavy atom. The van der Waals surface area contributed by atoms with Crippen molar-refractivity contribution >= 4 is 40.2 Å². The summed E-state index contributed by atoms with van der Waals surface area (Å²) in [4.78, 5) is 48.2. The Balaban J connectivity index is 1.99. The Labute approximate surface area is 167 Å². The number of ether oxygens (including phenoxy) is 3. The molecular formula is C19H25NO7S. The third-order valence-electron chi connectivity index (χ3n) is 4.70. The van der Waals surface area contributed by atoms with Gasteiger partial charge in [0, 0.05) is 6.42 Å². The number of esters is 3. The lowest BCUT2D eigenvalue weighted by Gasteiger charge is -2.20. The fourth-order valence-electron chi connectivity index (χ4n) is 3.23. The minimum absolute atomic E-state index is 0.0785. The SMILES string of the molecule is COC(=O)c1sc(NC(=O)COC(=O)CC2CCCCC2)c(C(=O)OC)c1C. The van der Waals surface area contributed by atoms with Crippen molar-refractivity contribution in [2.45, 2.75) is 45.4 Å². The van der Waals surface area contributed by atoms with E-state index in [1.807, 2.05) is 0 Å². The predicted molar refractivity (Wildman–Crippen MR) is 103 cm³/mol. The van der Waals surface area contributed by atoms with E-state index >= 15 is 0 Å². The quantitative estimate of drug-likeness (QED) is 0.542. The van der Waals surface area contributed by atoms with E-state index < -0.39 is 30.4 Å². The summed E-state index contributed by atoms with van der Waals surface area (Å²) in [5.74, 6) is -1.99. The van der Waals surface area contributed by atoms with Gasteiger partial charge >= 0.3 is 17.9 Å². The van der Waals surface area contributed by atoms with Crippen LogP contribution >= 0.6 is 11.3 Å². The highest BCUT2D eigenvalue weighted by Gasteiger charge is 2.27. The van der Waals surface area contributed by atoms with E-state index in [-0.39, 0.29) is 15.4 Å². The summed E-state index contributed by atoms with van der Waals surface area (Å²) in [6, 6.07) is 0. The molecule has 0 spiro atoms. The van der Waals surface area contributed by atoms with E-state index in [9.17, 15) is 19.2 Å². The van der Waals surface area contributed by atoms with E-state index in [4.69, 9.17) is 14.2 Å². The number of methoxy groups -OCH3 is 2. The second kappa shape index (κ2) is 10.2. The fraction of sp³-hybridized carbons (Fsp3) is 0.579. The van der Waals surface area contributed by atoms with Crippen LogP contribution in [0.3, 0.4) is 0 Å². The summed E-state index contributed by atoms with van der Waals surface area (Å²) >= 11 is 0.906. The molecule has 1 heterocycles. The Bertz CT molecular complexity index is 750. The Kier molecular flexibility index (Phi) is 7.98. The van der Waals surface area contributed by atoms with Gasteiger partial charge in [-0.15, -0.1) is 11.3 Å². The number of rotatable bonds is 7. The molecule has 2 rings (SSSR count). The van der Waals surface area contributed by atoms with Gasteiger partial charge in [-0.05, 0) is 31.2 Å². The van der Waals surface area contributed by atoms with E-state index in [2.05, 4.69) is 5.32 Å². The summed E-state index contributed by atoms with van der Waals surface area (Å²) in [5.41, 5.74) is 0.433. The van der Waals surface area contributed by atoms with Crippen molar-refractivity contribution in [3.63, 3.8) is 0 Å². The number of amides is 1. The van der Waals surface area contributed by atoms with Crippen LogP contribution in [0.2, 0.25) is 0 Å². The van der Waals surface area contributed by atoms with Crippen LogP contribution < -0.4 is 5.32 Å². The average Bonchev–Trinajstić information content (AvgIpc) is 3.01. The Morgan fingerprint density at radius 2 is 1.68 bits per heavy atom. The first-order valence-electron chi connectivity index (χ1n) is 9.12. The second-order valence-corrected chi connectivity index (χ2v) is 7.68. The first kappa shape index (κ1) is 21.9. The molecule has 0 unspecified atom stereocenters. The second-order valence-electron chi connectivity index (χ2n) is 6.66. The zero-order valence-corrected chi connectivity index (χ0v) is 17.1. The lowest BCUT2D eigenvalue weighted by Crippen LogP contribution is -2.23. The number of carbonyl (C=O) groups is 4. The molecule has 1 saturated carbocycles. The summed E-state index contributed by atoms with van der Waals surface area (Å²) in [5, 5.41) is 2.67. The lowest BCUT2D eigenvalue weighted by atomic mass is 9.87. The first-order valence-corrected chi connectivity index (χ1v) is 9.94. The van der Waals surface area contributed by atoms with Crippen molar-refractivity contribution in [1.82, 2.24) is 0 Å². The van der Waals surface area contributed by atoms with Gasteiger partial charge in [0.15, 0.2) is 6.61 Å². The summed E-state index contributed by atoms with van der Waals surface area (Å²) < 4.78 is 14.5. The van der Waals surface area contributed by atoms with E-state index in [0.29, 0.717) is 17.9 Å². The molecule has 154 valence electrons. The smallest absolute Gasteiger partial charge is 0.348 e. The number of anilines is 1. The van der Waals surface area contributed by atoms with Gasteiger partial charge < -0.3 is 19.5 Å². The van der Waals surface area contributed by atoms with Crippen molar-refractivity contribution in [3.05, 3.63) is 16.0 Å². The molecule has 8 nitrogen and oxygen atoms in total. The van der Waals surface area contributed by atoms with Crippen molar-refractivity contribution in [2.75, 3.05) is 26.1 Å². The maximum atomic E-state index is 12.2. The number of hydrogen-bond acceptors (Lipinski definition) is 8. The maximum Gasteiger partial charge on any atom is 0.348 e. The maximum absolute atomic E-state index is 12.2. The molecule has 1 N–H and O–H groups in total. The third-order valence-corrected chi connectivity index (χ3v) is 5.89. The highest BCUT2D eigenvalue weighted by molar-refractivity contribution is 7.18. The monoisotopic (exact) mass is 411 g/mol. The van der Waals surface area contributed by atoms with Crippen LogP contribution in [-0.2, 0) is 23.8 Å². The van der Waals surface area contributed by atoms with Crippen LogP contribution in [-0.4, -0.2) is 44.6 Å². The first-order chi connectivity index (χ1) is 13.4. The van der Waals surface area contributed by atoms with Crippen molar-refractivity contribution in [3.8, 4) is 0 Å². The minimum atomic E-state index is -0.687. The lowest BCUT2D eigenvalue weighted by molar-refractivity contribution is -0.148. The van der Waals surface area contributed by atoms with Gasteiger partial charge in [-0.1, -0.05) is 19.3 Å². The average molecular weight is 411 g/mol. The molecular weight excluding hydrogens is 386 g/mol. The van der Waals surface area contributed by atoms with Gasteiger partial charge in [-0.2, -0.15) is 0 Å². The predicted octanol–water partition coefficient (Wildman–Crippen LogP) is 3.08. The summed E-state index contributed by atoms with van der Waals surface area (Å²) in [6.07, 6.45) is 5.77. The van der Waals surface area contributed by atoms with Gasteiger partial charge in [0.25, 0.3) is 5.91 Å². The highest BCUT2D eigenvalue weighted by Crippen LogP contribution is 2.34. The standard InChI is InChI=1S/C19H25NO7S/c1-11-15(18(23)25-2)17(28-16(11)19(24)26-3)20-13(21)10-27-14(22)9-12-7-5-4-6-8-12/h12H,4-10H2,1-3H3,(H,20,21). The molecule has 1 fully saturated rings. The number of thiophene rings is 1. The highest BCUT2D eigenvalue weighted by atomic mass is 32.1. The van der Waals surface area contributed by atoms with E-state index in [1.54, 1.807) is 6.92 Å². The van der Waals surface area contributed by atoms with Crippen LogP contribution in [0, 0.1) is 12.8 Å². The molecule has 1 aromatic rings. The molecule has 0 aliphatic heterocycles. The number of nitrogens with one attached hydrogen (secondary N) is 1.